The Bertz CT molecular complexity index is 1530. The van der Waals surface area contributed by atoms with E-state index in [-0.39, 0.29) is 40.0 Å². The Kier molecular flexibility index (Phi) is 7.96. The number of rotatable bonds is 2. The maximum Gasteiger partial charge on any atom is 0.317 e. The van der Waals surface area contributed by atoms with E-state index in [1.165, 1.54) is 0 Å². The number of likely N-dealkylation sites (tertiary alicyclic amines) is 1. The lowest BCUT2D eigenvalue weighted by molar-refractivity contribution is 0.0923. The molecule has 2 N–H and O–H groups in total. The van der Waals surface area contributed by atoms with Gasteiger partial charge in [0.05, 0.1) is 17.2 Å². The van der Waals surface area contributed by atoms with E-state index in [1.54, 1.807) is 24.3 Å². The first-order valence-corrected chi connectivity index (χ1v) is 15.6. The Morgan fingerprint density at radius 2 is 1.80 bits per heavy atom. The van der Waals surface area contributed by atoms with E-state index < -0.39 is 10.0 Å². The Morgan fingerprint density at radius 1 is 1.07 bits per heavy atom. The topological polar surface area (TPSA) is 114 Å². The highest BCUT2D eigenvalue weighted by Gasteiger charge is 2.33. The van der Waals surface area contributed by atoms with Crippen LogP contribution in [0.3, 0.4) is 0 Å². The summed E-state index contributed by atoms with van der Waals surface area (Å²) in [6, 6.07) is 14.7. The molecule has 10 heteroatoms. The Balaban J connectivity index is 1.52. The average molecular weight is 578 g/mol. The standard InChI is InChI=1S/C31H39N5O4S/c1-20-8-6-9-21(2)28(20)26-16-27-34-29(33-26)35-41(38,39)25-11-7-10-22(15-25)14-23-12-13-36(17-24(23)18-40-27)30(37)32-19-31(3,4)5/h6-11,15-16,23-24H,12-14,17-19H2,1-5H3,(H,32,37)(H,33,34,35). The van der Waals surface area contributed by atoms with Crippen molar-refractivity contribution < 1.29 is 17.9 Å². The number of nitrogens with zero attached hydrogens (tertiary/aromatic N) is 3. The molecule has 4 bridgehead atoms. The lowest BCUT2D eigenvalue weighted by atomic mass is 9.81. The van der Waals surface area contributed by atoms with Crippen molar-refractivity contribution in [3.63, 3.8) is 0 Å². The number of aromatic nitrogens is 2. The van der Waals surface area contributed by atoms with Gasteiger partial charge in [0.15, 0.2) is 0 Å². The van der Waals surface area contributed by atoms with Crippen molar-refractivity contribution in [2.24, 2.45) is 17.3 Å². The van der Waals surface area contributed by atoms with Crippen LogP contribution in [0, 0.1) is 31.1 Å². The van der Waals surface area contributed by atoms with Crippen LogP contribution in [0.25, 0.3) is 11.3 Å². The fraction of sp³-hybridized carbons (Fsp3) is 0.452. The molecular weight excluding hydrogens is 538 g/mol. The fourth-order valence-electron chi connectivity index (χ4n) is 5.58. The second-order valence-corrected chi connectivity index (χ2v) is 14.1. The van der Waals surface area contributed by atoms with Gasteiger partial charge in [-0.15, -0.1) is 0 Å². The summed E-state index contributed by atoms with van der Waals surface area (Å²) in [5.41, 5.74) is 4.42. The number of benzene rings is 2. The quantitative estimate of drug-likeness (QED) is 0.433. The molecule has 1 fully saturated rings. The van der Waals surface area contributed by atoms with E-state index in [0.717, 1.165) is 28.7 Å². The highest BCUT2D eigenvalue weighted by atomic mass is 32.2. The first-order chi connectivity index (χ1) is 19.4. The lowest BCUT2D eigenvalue weighted by Gasteiger charge is -2.39. The monoisotopic (exact) mass is 577 g/mol. The number of ether oxygens (including phenoxy) is 1. The molecule has 0 spiro atoms. The lowest BCUT2D eigenvalue weighted by Crippen LogP contribution is -2.50. The largest absolute Gasteiger partial charge is 0.477 e. The van der Waals surface area contributed by atoms with Crippen LogP contribution in [-0.4, -0.2) is 55.6 Å². The molecule has 0 saturated carbocycles. The van der Waals surface area contributed by atoms with Crippen LogP contribution < -0.4 is 14.8 Å². The molecule has 0 aliphatic carbocycles. The number of sulfonamides is 1. The molecule has 2 unspecified atom stereocenters. The molecule has 0 radical (unpaired) electrons. The number of anilines is 1. The van der Waals surface area contributed by atoms with Crippen LogP contribution in [-0.2, 0) is 16.4 Å². The summed E-state index contributed by atoms with van der Waals surface area (Å²) in [4.78, 5) is 24.1. The maximum atomic E-state index is 13.4. The number of urea groups is 1. The summed E-state index contributed by atoms with van der Waals surface area (Å²) in [6.45, 7) is 12.4. The molecule has 1 aromatic heterocycles. The number of aryl methyl sites for hydroxylation is 2. The molecule has 2 amide bonds. The number of carbonyl (C=O) groups excluding carboxylic acids is 1. The minimum Gasteiger partial charge on any atom is -0.477 e. The molecule has 2 aliphatic heterocycles. The molecule has 3 heterocycles. The number of carbonyl (C=O) groups is 1. The van der Waals surface area contributed by atoms with Crippen molar-refractivity contribution in [2.75, 3.05) is 31.0 Å². The number of nitrogens with one attached hydrogen (secondary N) is 2. The molecule has 1 saturated heterocycles. The van der Waals surface area contributed by atoms with Crippen molar-refractivity contribution >= 4 is 22.0 Å². The van der Waals surface area contributed by atoms with Crippen molar-refractivity contribution in [1.29, 1.82) is 0 Å². The molecule has 41 heavy (non-hydrogen) atoms. The van der Waals surface area contributed by atoms with Gasteiger partial charge < -0.3 is 15.0 Å². The average Bonchev–Trinajstić information content (AvgIpc) is 2.90. The van der Waals surface area contributed by atoms with Crippen LogP contribution in [0.2, 0.25) is 0 Å². The third-order valence-electron chi connectivity index (χ3n) is 7.77. The normalized spacial score (nSPS) is 20.3. The summed E-state index contributed by atoms with van der Waals surface area (Å²) < 4.78 is 35.7. The van der Waals surface area contributed by atoms with Crippen molar-refractivity contribution in [3.8, 4) is 17.1 Å². The number of fused-ring (bicyclic) bond motifs is 5. The molecule has 2 atom stereocenters. The Labute approximate surface area is 242 Å². The van der Waals surface area contributed by atoms with Crippen LogP contribution >= 0.6 is 0 Å². The first kappa shape index (κ1) is 28.9. The van der Waals surface area contributed by atoms with Crippen molar-refractivity contribution in [1.82, 2.24) is 20.2 Å². The highest BCUT2D eigenvalue weighted by Crippen LogP contribution is 2.32. The zero-order valence-corrected chi connectivity index (χ0v) is 25.2. The van der Waals surface area contributed by atoms with E-state index in [4.69, 9.17) is 4.74 Å². The van der Waals surface area contributed by atoms with Gasteiger partial charge in [-0.25, -0.2) is 22.9 Å². The van der Waals surface area contributed by atoms with E-state index in [0.29, 0.717) is 38.4 Å². The zero-order valence-electron chi connectivity index (χ0n) is 24.4. The van der Waals surface area contributed by atoms with Crippen LogP contribution in [0.5, 0.6) is 5.88 Å². The maximum absolute atomic E-state index is 13.4. The fourth-order valence-corrected chi connectivity index (χ4v) is 6.59. The summed E-state index contributed by atoms with van der Waals surface area (Å²) >= 11 is 0. The van der Waals surface area contributed by atoms with Crippen LogP contribution in [0.1, 0.15) is 43.9 Å². The predicted molar refractivity (Wildman–Crippen MR) is 159 cm³/mol. The van der Waals surface area contributed by atoms with Crippen LogP contribution in [0.4, 0.5) is 10.7 Å². The predicted octanol–water partition coefficient (Wildman–Crippen LogP) is 5.19. The molecule has 9 nitrogen and oxygen atoms in total. The van der Waals surface area contributed by atoms with Crippen molar-refractivity contribution in [3.05, 3.63) is 65.2 Å². The minimum absolute atomic E-state index is 0.0138. The van der Waals surface area contributed by atoms with Gasteiger partial charge in [-0.05, 0) is 66.8 Å². The molecular formula is C31H39N5O4S. The summed E-state index contributed by atoms with van der Waals surface area (Å²) in [6.07, 6.45) is 1.47. The van der Waals surface area contributed by atoms with E-state index in [1.807, 2.05) is 43.0 Å². The second-order valence-electron chi connectivity index (χ2n) is 12.4. The third-order valence-corrected chi connectivity index (χ3v) is 9.09. The van der Waals surface area contributed by atoms with Gasteiger partial charge in [0.1, 0.15) is 0 Å². The third kappa shape index (κ3) is 6.81. The molecule has 3 aromatic rings. The van der Waals surface area contributed by atoms with Gasteiger partial charge in [0.2, 0.25) is 11.8 Å². The smallest absolute Gasteiger partial charge is 0.317 e. The van der Waals surface area contributed by atoms with E-state index in [2.05, 4.69) is 40.8 Å². The van der Waals surface area contributed by atoms with Gasteiger partial charge in [-0.3, -0.25) is 0 Å². The van der Waals surface area contributed by atoms with Crippen LogP contribution in [0.15, 0.2) is 53.4 Å². The number of amides is 2. The molecule has 218 valence electrons. The summed E-state index contributed by atoms with van der Waals surface area (Å²) in [7, 11) is -3.94. The van der Waals surface area contributed by atoms with Gasteiger partial charge in [-0.1, -0.05) is 51.1 Å². The van der Waals surface area contributed by atoms with Gasteiger partial charge in [0, 0.05) is 37.2 Å². The summed E-state index contributed by atoms with van der Waals surface area (Å²) in [5, 5.41) is 3.07. The number of hydrogen-bond acceptors (Lipinski definition) is 6. The minimum atomic E-state index is -3.94. The highest BCUT2D eigenvalue weighted by molar-refractivity contribution is 7.92. The number of piperidine rings is 1. The Hall–Kier alpha value is -3.66. The summed E-state index contributed by atoms with van der Waals surface area (Å²) in [5.74, 6) is 0.468. The second kappa shape index (κ2) is 11.3. The molecule has 5 rings (SSSR count). The van der Waals surface area contributed by atoms with E-state index >= 15 is 0 Å². The van der Waals surface area contributed by atoms with Gasteiger partial charge in [-0.2, -0.15) is 4.98 Å². The van der Waals surface area contributed by atoms with E-state index in [9.17, 15) is 13.2 Å². The SMILES string of the molecule is Cc1cccc(C)c1-c1cc2nc(n1)NS(=O)(=O)c1cccc(c1)CC1CCN(C(=O)NCC(C)(C)C)CC1CO2. The van der Waals surface area contributed by atoms with Gasteiger partial charge >= 0.3 is 6.03 Å². The zero-order chi connectivity index (χ0) is 29.4. The Morgan fingerprint density at radius 3 is 2.54 bits per heavy atom. The molecule has 2 aliphatic rings. The van der Waals surface area contributed by atoms with Crippen molar-refractivity contribution in [2.45, 2.75) is 52.4 Å². The molecule has 2 aromatic carbocycles. The number of hydrogen-bond donors (Lipinski definition) is 2. The first-order valence-electron chi connectivity index (χ1n) is 14.1. The van der Waals surface area contributed by atoms with Gasteiger partial charge in [0.25, 0.3) is 10.0 Å².